The summed E-state index contributed by atoms with van der Waals surface area (Å²) in [5.74, 6) is 0.976. The predicted molar refractivity (Wildman–Crippen MR) is 98.8 cm³/mol. The monoisotopic (exact) mass is 339 g/mol. The number of likely N-dealkylation sites (tertiary alicyclic amines) is 1. The fourth-order valence-corrected chi connectivity index (χ4v) is 3.26. The van der Waals surface area contributed by atoms with Crippen molar-refractivity contribution in [2.75, 3.05) is 38.5 Å². The lowest BCUT2D eigenvalue weighted by Crippen LogP contribution is -2.40. The molecule has 1 aliphatic heterocycles. The van der Waals surface area contributed by atoms with Crippen molar-refractivity contribution in [1.82, 2.24) is 20.2 Å². The first-order valence-corrected chi connectivity index (χ1v) is 8.81. The maximum atomic E-state index is 12.1. The number of rotatable bonds is 6. The topological polar surface area (TPSA) is 70.2 Å². The summed E-state index contributed by atoms with van der Waals surface area (Å²) in [4.78, 5) is 22.7. The van der Waals surface area contributed by atoms with E-state index in [9.17, 15) is 4.79 Å². The Labute approximate surface area is 148 Å². The van der Waals surface area contributed by atoms with Gasteiger partial charge in [0.15, 0.2) is 0 Å². The van der Waals surface area contributed by atoms with Crippen LogP contribution in [-0.4, -0.2) is 54.0 Å². The van der Waals surface area contributed by atoms with Crippen molar-refractivity contribution < 1.29 is 4.79 Å². The number of anilines is 1. The molecule has 6 nitrogen and oxygen atoms in total. The SMILES string of the molecule is CNc1ncc(C(=O)NCCN2CCCC(c3ccccc3)C2)cn1. The highest BCUT2D eigenvalue weighted by Gasteiger charge is 2.20. The van der Waals surface area contributed by atoms with Gasteiger partial charge in [-0.3, -0.25) is 4.79 Å². The Morgan fingerprint density at radius 2 is 2.00 bits per heavy atom. The molecule has 1 atom stereocenters. The molecular weight excluding hydrogens is 314 g/mol. The third-order valence-electron chi connectivity index (χ3n) is 4.63. The molecule has 0 radical (unpaired) electrons. The summed E-state index contributed by atoms with van der Waals surface area (Å²) < 4.78 is 0. The normalized spacial score (nSPS) is 17.9. The molecule has 1 fully saturated rings. The first-order chi connectivity index (χ1) is 12.3. The van der Waals surface area contributed by atoms with E-state index in [-0.39, 0.29) is 5.91 Å². The van der Waals surface area contributed by atoms with Crippen molar-refractivity contribution in [2.45, 2.75) is 18.8 Å². The summed E-state index contributed by atoms with van der Waals surface area (Å²) in [6, 6.07) is 10.7. The first-order valence-electron chi connectivity index (χ1n) is 8.81. The molecule has 0 spiro atoms. The van der Waals surface area contributed by atoms with Crippen LogP contribution in [0.25, 0.3) is 0 Å². The Balaban J connectivity index is 1.45. The summed E-state index contributed by atoms with van der Waals surface area (Å²) >= 11 is 0. The second-order valence-electron chi connectivity index (χ2n) is 6.35. The van der Waals surface area contributed by atoms with Crippen molar-refractivity contribution in [3.8, 4) is 0 Å². The summed E-state index contributed by atoms with van der Waals surface area (Å²) in [6.07, 6.45) is 5.52. The molecule has 25 heavy (non-hydrogen) atoms. The quantitative estimate of drug-likeness (QED) is 0.844. The van der Waals surface area contributed by atoms with Crippen LogP contribution in [0.4, 0.5) is 5.95 Å². The molecule has 0 aliphatic carbocycles. The van der Waals surface area contributed by atoms with Crippen LogP contribution in [0.3, 0.4) is 0 Å². The molecular formula is C19H25N5O. The van der Waals surface area contributed by atoms with E-state index in [0.29, 0.717) is 24.0 Å². The third-order valence-corrected chi connectivity index (χ3v) is 4.63. The average molecular weight is 339 g/mol. The second kappa shape index (κ2) is 8.58. The van der Waals surface area contributed by atoms with Gasteiger partial charge < -0.3 is 15.5 Å². The number of nitrogens with one attached hydrogen (secondary N) is 2. The van der Waals surface area contributed by atoms with Gasteiger partial charge in [0.25, 0.3) is 5.91 Å². The van der Waals surface area contributed by atoms with Gasteiger partial charge in [-0.2, -0.15) is 0 Å². The minimum absolute atomic E-state index is 0.126. The standard InChI is InChI=1S/C19H25N5O/c1-20-19-22-12-17(13-23-19)18(25)21-9-11-24-10-5-8-16(14-24)15-6-3-2-4-7-15/h2-4,6-7,12-13,16H,5,8-11,14H2,1H3,(H,21,25)(H,20,22,23). The largest absolute Gasteiger partial charge is 0.357 e. The molecule has 0 saturated carbocycles. The zero-order valence-corrected chi connectivity index (χ0v) is 14.6. The first kappa shape index (κ1) is 17.4. The fraction of sp³-hybridized carbons (Fsp3) is 0.421. The number of piperidine rings is 1. The molecule has 1 aromatic heterocycles. The van der Waals surface area contributed by atoms with Gasteiger partial charge in [-0.15, -0.1) is 0 Å². The Morgan fingerprint density at radius 3 is 2.72 bits per heavy atom. The molecule has 1 saturated heterocycles. The van der Waals surface area contributed by atoms with Crippen LogP contribution in [0, 0.1) is 0 Å². The number of aromatic nitrogens is 2. The molecule has 6 heteroatoms. The smallest absolute Gasteiger partial charge is 0.254 e. The molecule has 2 N–H and O–H groups in total. The lowest BCUT2D eigenvalue weighted by atomic mass is 9.91. The van der Waals surface area contributed by atoms with Crippen LogP contribution in [0.2, 0.25) is 0 Å². The third kappa shape index (κ3) is 4.76. The Bertz CT molecular complexity index is 674. The van der Waals surface area contributed by atoms with Gasteiger partial charge in [0.05, 0.1) is 5.56 Å². The Hall–Kier alpha value is -2.47. The average Bonchev–Trinajstić information content (AvgIpc) is 2.69. The highest BCUT2D eigenvalue weighted by atomic mass is 16.1. The maximum Gasteiger partial charge on any atom is 0.254 e. The van der Waals surface area contributed by atoms with E-state index in [1.807, 2.05) is 0 Å². The van der Waals surface area contributed by atoms with Gasteiger partial charge in [-0.05, 0) is 30.9 Å². The van der Waals surface area contributed by atoms with Crippen LogP contribution in [0.5, 0.6) is 0 Å². The van der Waals surface area contributed by atoms with Crippen molar-refractivity contribution in [1.29, 1.82) is 0 Å². The molecule has 3 rings (SSSR count). The summed E-state index contributed by atoms with van der Waals surface area (Å²) in [6.45, 7) is 3.65. The Kier molecular flexibility index (Phi) is 5.95. The summed E-state index contributed by atoms with van der Waals surface area (Å²) in [5.41, 5.74) is 1.90. The number of hydrogen-bond donors (Lipinski definition) is 2. The predicted octanol–water partition coefficient (Wildman–Crippen LogP) is 2.13. The Morgan fingerprint density at radius 1 is 1.24 bits per heavy atom. The van der Waals surface area contributed by atoms with Gasteiger partial charge in [-0.1, -0.05) is 30.3 Å². The van der Waals surface area contributed by atoms with Crippen LogP contribution in [0.15, 0.2) is 42.7 Å². The minimum Gasteiger partial charge on any atom is -0.357 e. The number of carbonyl (C=O) groups excluding carboxylic acids is 1. The van der Waals surface area contributed by atoms with Crippen molar-refractivity contribution in [2.24, 2.45) is 0 Å². The van der Waals surface area contributed by atoms with Crippen LogP contribution in [0.1, 0.15) is 34.7 Å². The van der Waals surface area contributed by atoms with E-state index in [1.165, 1.54) is 18.4 Å². The van der Waals surface area contributed by atoms with Gasteiger partial charge >= 0.3 is 0 Å². The molecule has 1 amide bonds. The minimum atomic E-state index is -0.126. The summed E-state index contributed by atoms with van der Waals surface area (Å²) in [5, 5.41) is 5.79. The molecule has 2 aromatic rings. The van der Waals surface area contributed by atoms with Crippen molar-refractivity contribution in [3.63, 3.8) is 0 Å². The fourth-order valence-electron chi connectivity index (χ4n) is 3.26. The number of hydrogen-bond acceptors (Lipinski definition) is 5. The molecule has 1 aliphatic rings. The van der Waals surface area contributed by atoms with Crippen LogP contribution >= 0.6 is 0 Å². The van der Waals surface area contributed by atoms with Gasteiger partial charge in [0.2, 0.25) is 5.95 Å². The lowest BCUT2D eigenvalue weighted by molar-refractivity contribution is 0.0945. The summed E-state index contributed by atoms with van der Waals surface area (Å²) in [7, 11) is 1.75. The lowest BCUT2D eigenvalue weighted by Gasteiger charge is -2.33. The van der Waals surface area contributed by atoms with E-state index in [4.69, 9.17) is 0 Å². The van der Waals surface area contributed by atoms with E-state index >= 15 is 0 Å². The highest BCUT2D eigenvalue weighted by Crippen LogP contribution is 2.26. The van der Waals surface area contributed by atoms with Crippen LogP contribution < -0.4 is 10.6 Å². The van der Waals surface area contributed by atoms with Crippen LogP contribution in [-0.2, 0) is 0 Å². The second-order valence-corrected chi connectivity index (χ2v) is 6.35. The maximum absolute atomic E-state index is 12.1. The molecule has 0 bridgehead atoms. The van der Waals surface area contributed by atoms with Gasteiger partial charge in [0, 0.05) is 39.1 Å². The van der Waals surface area contributed by atoms with Gasteiger partial charge in [0.1, 0.15) is 0 Å². The van der Waals surface area contributed by atoms with Gasteiger partial charge in [-0.25, -0.2) is 9.97 Å². The zero-order valence-electron chi connectivity index (χ0n) is 14.6. The van der Waals surface area contributed by atoms with E-state index in [0.717, 1.165) is 19.6 Å². The number of amides is 1. The molecule has 1 aromatic carbocycles. The zero-order chi connectivity index (χ0) is 17.5. The van der Waals surface area contributed by atoms with E-state index < -0.39 is 0 Å². The molecule has 2 heterocycles. The number of benzene rings is 1. The number of nitrogens with zero attached hydrogens (tertiary/aromatic N) is 3. The highest BCUT2D eigenvalue weighted by molar-refractivity contribution is 5.93. The van der Waals surface area contributed by atoms with Crippen molar-refractivity contribution >= 4 is 11.9 Å². The molecule has 132 valence electrons. The number of carbonyl (C=O) groups is 1. The van der Waals surface area contributed by atoms with Crippen molar-refractivity contribution in [3.05, 3.63) is 53.9 Å². The molecule has 1 unspecified atom stereocenters. The van der Waals surface area contributed by atoms with E-state index in [2.05, 4.69) is 55.8 Å². The van der Waals surface area contributed by atoms with E-state index in [1.54, 1.807) is 19.4 Å².